The predicted octanol–water partition coefficient (Wildman–Crippen LogP) is 3.38. The molecule has 1 nitrogen and oxygen atoms in total. The molecule has 0 bridgehead atoms. The highest BCUT2D eigenvalue weighted by Gasteiger charge is 1.97. The van der Waals surface area contributed by atoms with E-state index in [0.717, 1.165) is 12.5 Å². The Bertz CT molecular complexity index is 261. The molecule has 0 fully saturated rings. The zero-order chi connectivity index (χ0) is 11.1. The average molecular weight is 205 g/mol. The second-order valence-corrected chi connectivity index (χ2v) is 4.63. The van der Waals surface area contributed by atoms with E-state index in [1.165, 1.54) is 30.4 Å². The SMILES string of the molecule is CNCc1ccc(CCCC(C)C)cc1. The number of hydrogen-bond donors (Lipinski definition) is 1. The molecule has 0 aliphatic carbocycles. The third-order valence-electron chi connectivity index (χ3n) is 2.65. The van der Waals surface area contributed by atoms with Crippen LogP contribution in [0.4, 0.5) is 0 Å². The fraction of sp³-hybridized carbons (Fsp3) is 0.571. The lowest BCUT2D eigenvalue weighted by Gasteiger charge is -2.05. The van der Waals surface area contributed by atoms with Crippen molar-refractivity contribution in [2.75, 3.05) is 7.05 Å². The minimum atomic E-state index is 0.827. The Morgan fingerprint density at radius 2 is 1.67 bits per heavy atom. The van der Waals surface area contributed by atoms with Gasteiger partial charge in [0.05, 0.1) is 0 Å². The molecule has 0 radical (unpaired) electrons. The van der Waals surface area contributed by atoms with Gasteiger partial charge in [0.1, 0.15) is 0 Å². The third kappa shape index (κ3) is 4.98. The van der Waals surface area contributed by atoms with E-state index in [4.69, 9.17) is 0 Å². The summed E-state index contributed by atoms with van der Waals surface area (Å²) in [7, 11) is 1.98. The van der Waals surface area contributed by atoms with Gasteiger partial charge in [-0.1, -0.05) is 44.5 Å². The quantitative estimate of drug-likeness (QED) is 0.750. The van der Waals surface area contributed by atoms with Gasteiger partial charge in [0.15, 0.2) is 0 Å². The molecule has 1 aromatic rings. The minimum Gasteiger partial charge on any atom is -0.316 e. The zero-order valence-electron chi connectivity index (χ0n) is 10.2. The van der Waals surface area contributed by atoms with Gasteiger partial charge in [-0.25, -0.2) is 0 Å². The standard InChI is InChI=1S/C14H23N/c1-12(2)5-4-6-13-7-9-14(10-8-13)11-15-3/h7-10,12,15H,4-6,11H2,1-3H3. The Hall–Kier alpha value is -0.820. The van der Waals surface area contributed by atoms with Gasteiger partial charge < -0.3 is 5.32 Å². The van der Waals surface area contributed by atoms with E-state index in [0.29, 0.717) is 0 Å². The topological polar surface area (TPSA) is 12.0 Å². The van der Waals surface area contributed by atoms with Gasteiger partial charge in [0.2, 0.25) is 0 Å². The molecular formula is C14H23N. The summed E-state index contributed by atoms with van der Waals surface area (Å²) >= 11 is 0. The van der Waals surface area contributed by atoms with Crippen LogP contribution < -0.4 is 5.32 Å². The number of benzene rings is 1. The van der Waals surface area contributed by atoms with E-state index >= 15 is 0 Å². The molecular weight excluding hydrogens is 182 g/mol. The molecule has 1 aromatic carbocycles. The molecule has 84 valence electrons. The maximum absolute atomic E-state index is 3.16. The smallest absolute Gasteiger partial charge is 0.0202 e. The molecule has 0 aromatic heterocycles. The van der Waals surface area contributed by atoms with Crippen molar-refractivity contribution < 1.29 is 0 Å². The van der Waals surface area contributed by atoms with Gasteiger partial charge in [-0.15, -0.1) is 0 Å². The first kappa shape index (κ1) is 12.3. The molecule has 15 heavy (non-hydrogen) atoms. The summed E-state index contributed by atoms with van der Waals surface area (Å²) in [4.78, 5) is 0. The summed E-state index contributed by atoms with van der Waals surface area (Å²) in [6, 6.07) is 8.96. The Kier molecular flexibility index (Phi) is 5.41. The highest BCUT2D eigenvalue weighted by molar-refractivity contribution is 5.22. The van der Waals surface area contributed by atoms with Crippen molar-refractivity contribution in [3.05, 3.63) is 35.4 Å². The van der Waals surface area contributed by atoms with E-state index in [-0.39, 0.29) is 0 Å². The van der Waals surface area contributed by atoms with Crippen molar-refractivity contribution in [1.82, 2.24) is 5.32 Å². The summed E-state index contributed by atoms with van der Waals surface area (Å²) in [6.07, 6.45) is 3.86. The van der Waals surface area contributed by atoms with Crippen molar-refractivity contribution in [2.45, 2.75) is 39.7 Å². The number of rotatable bonds is 6. The summed E-state index contributed by atoms with van der Waals surface area (Å²) in [5.41, 5.74) is 2.83. The van der Waals surface area contributed by atoms with Crippen LogP contribution in [0.2, 0.25) is 0 Å². The molecule has 0 heterocycles. The second-order valence-electron chi connectivity index (χ2n) is 4.63. The Labute approximate surface area is 93.9 Å². The van der Waals surface area contributed by atoms with Crippen LogP contribution >= 0.6 is 0 Å². The normalized spacial score (nSPS) is 10.9. The van der Waals surface area contributed by atoms with Crippen LogP contribution in [-0.2, 0) is 13.0 Å². The largest absolute Gasteiger partial charge is 0.316 e. The highest BCUT2D eigenvalue weighted by Crippen LogP contribution is 2.11. The van der Waals surface area contributed by atoms with Gasteiger partial charge in [-0.3, -0.25) is 0 Å². The molecule has 0 unspecified atom stereocenters. The lowest BCUT2D eigenvalue weighted by atomic mass is 10.0. The van der Waals surface area contributed by atoms with Crippen molar-refractivity contribution in [3.63, 3.8) is 0 Å². The third-order valence-corrected chi connectivity index (χ3v) is 2.65. The van der Waals surface area contributed by atoms with E-state index in [9.17, 15) is 0 Å². The van der Waals surface area contributed by atoms with Gasteiger partial charge >= 0.3 is 0 Å². The molecule has 0 saturated carbocycles. The Balaban J connectivity index is 2.36. The summed E-state index contributed by atoms with van der Waals surface area (Å²) in [5, 5.41) is 3.16. The second kappa shape index (κ2) is 6.62. The Morgan fingerprint density at radius 1 is 1.07 bits per heavy atom. The predicted molar refractivity (Wildman–Crippen MR) is 67.0 cm³/mol. The van der Waals surface area contributed by atoms with Crippen molar-refractivity contribution >= 4 is 0 Å². The van der Waals surface area contributed by atoms with Gasteiger partial charge in [0, 0.05) is 6.54 Å². The van der Waals surface area contributed by atoms with Gasteiger partial charge in [-0.2, -0.15) is 0 Å². The Morgan fingerprint density at radius 3 is 2.20 bits per heavy atom. The van der Waals surface area contributed by atoms with E-state index in [2.05, 4.69) is 43.4 Å². The molecule has 0 atom stereocenters. The zero-order valence-corrected chi connectivity index (χ0v) is 10.2. The van der Waals surface area contributed by atoms with Crippen LogP contribution in [0.1, 0.15) is 37.8 Å². The maximum Gasteiger partial charge on any atom is 0.0202 e. The summed E-state index contributed by atoms with van der Waals surface area (Å²) in [5.74, 6) is 0.827. The van der Waals surface area contributed by atoms with Gasteiger partial charge in [0.25, 0.3) is 0 Å². The summed E-state index contributed by atoms with van der Waals surface area (Å²) in [6.45, 7) is 5.54. The molecule has 1 heteroatoms. The molecule has 0 amide bonds. The summed E-state index contributed by atoms with van der Waals surface area (Å²) < 4.78 is 0. The number of nitrogens with one attached hydrogen (secondary N) is 1. The average Bonchev–Trinajstić information content (AvgIpc) is 2.20. The molecule has 1 N–H and O–H groups in total. The molecule has 0 saturated heterocycles. The molecule has 0 aliphatic heterocycles. The van der Waals surface area contributed by atoms with Crippen LogP contribution in [0, 0.1) is 5.92 Å². The molecule has 0 spiro atoms. The fourth-order valence-electron chi connectivity index (χ4n) is 1.74. The van der Waals surface area contributed by atoms with E-state index in [1.54, 1.807) is 0 Å². The van der Waals surface area contributed by atoms with Crippen LogP contribution in [0.25, 0.3) is 0 Å². The number of aryl methyl sites for hydroxylation is 1. The van der Waals surface area contributed by atoms with Crippen LogP contribution in [0.3, 0.4) is 0 Å². The first-order chi connectivity index (χ1) is 7.22. The minimum absolute atomic E-state index is 0.827. The lowest BCUT2D eigenvalue weighted by molar-refractivity contribution is 0.556. The highest BCUT2D eigenvalue weighted by atomic mass is 14.8. The monoisotopic (exact) mass is 205 g/mol. The molecule has 1 rings (SSSR count). The van der Waals surface area contributed by atoms with Crippen molar-refractivity contribution in [1.29, 1.82) is 0 Å². The number of hydrogen-bond acceptors (Lipinski definition) is 1. The molecule has 0 aliphatic rings. The van der Waals surface area contributed by atoms with Crippen molar-refractivity contribution in [2.24, 2.45) is 5.92 Å². The van der Waals surface area contributed by atoms with Crippen LogP contribution in [-0.4, -0.2) is 7.05 Å². The van der Waals surface area contributed by atoms with Crippen molar-refractivity contribution in [3.8, 4) is 0 Å². The first-order valence-electron chi connectivity index (χ1n) is 5.94. The van der Waals surface area contributed by atoms with E-state index in [1.807, 2.05) is 7.05 Å². The first-order valence-corrected chi connectivity index (χ1v) is 5.94. The van der Waals surface area contributed by atoms with Crippen LogP contribution in [0.15, 0.2) is 24.3 Å². The van der Waals surface area contributed by atoms with Gasteiger partial charge in [-0.05, 0) is 36.9 Å². The lowest BCUT2D eigenvalue weighted by Crippen LogP contribution is -2.04. The maximum atomic E-state index is 3.16. The van der Waals surface area contributed by atoms with Crippen LogP contribution in [0.5, 0.6) is 0 Å². The van der Waals surface area contributed by atoms with E-state index < -0.39 is 0 Å². The fourth-order valence-corrected chi connectivity index (χ4v) is 1.74.